The van der Waals surface area contributed by atoms with Crippen LogP contribution in [0.1, 0.15) is 5.69 Å². The monoisotopic (exact) mass is 331 g/mol. The standard InChI is InChI=1S/C19H13N3OS/c23-17(11-9-14-6-3-4-12-20-14)21-19-22-18-15-7-2-1-5-13(15)8-10-16(18)24-19/h1-12H,(H,21,22,23)/b11-9-. The first-order chi connectivity index (χ1) is 11.8. The quantitative estimate of drug-likeness (QED) is 0.563. The zero-order chi connectivity index (χ0) is 16.4. The minimum atomic E-state index is -0.219. The van der Waals surface area contributed by atoms with Crippen molar-refractivity contribution in [3.05, 3.63) is 72.6 Å². The fourth-order valence-corrected chi connectivity index (χ4v) is 3.38. The summed E-state index contributed by atoms with van der Waals surface area (Å²) in [5, 5.41) is 5.65. The number of fused-ring (bicyclic) bond motifs is 3. The van der Waals surface area contributed by atoms with Gasteiger partial charge in [-0.1, -0.05) is 47.7 Å². The van der Waals surface area contributed by atoms with Crippen LogP contribution >= 0.6 is 11.3 Å². The van der Waals surface area contributed by atoms with E-state index < -0.39 is 0 Å². The molecule has 0 fully saturated rings. The molecule has 0 aliphatic carbocycles. The molecule has 116 valence electrons. The Morgan fingerprint density at radius 2 is 1.92 bits per heavy atom. The van der Waals surface area contributed by atoms with Crippen LogP contribution in [0.2, 0.25) is 0 Å². The summed E-state index contributed by atoms with van der Waals surface area (Å²) in [6.07, 6.45) is 4.83. The molecule has 1 N–H and O–H groups in total. The maximum Gasteiger partial charge on any atom is 0.250 e. The van der Waals surface area contributed by atoms with Crippen molar-refractivity contribution in [2.75, 3.05) is 5.32 Å². The van der Waals surface area contributed by atoms with Gasteiger partial charge in [0.25, 0.3) is 0 Å². The highest BCUT2D eigenvalue weighted by Gasteiger charge is 2.08. The van der Waals surface area contributed by atoms with Crippen LogP contribution in [-0.4, -0.2) is 15.9 Å². The minimum absolute atomic E-state index is 0.219. The third-order valence-electron chi connectivity index (χ3n) is 3.61. The Balaban J connectivity index is 1.59. The number of thiazole rings is 1. The van der Waals surface area contributed by atoms with Gasteiger partial charge in [-0.2, -0.15) is 0 Å². The largest absolute Gasteiger partial charge is 0.298 e. The Bertz CT molecular complexity index is 1050. The molecule has 4 aromatic rings. The number of nitrogens with zero attached hydrogens (tertiary/aromatic N) is 2. The zero-order valence-corrected chi connectivity index (χ0v) is 13.5. The molecule has 24 heavy (non-hydrogen) atoms. The summed E-state index contributed by atoms with van der Waals surface area (Å²) in [7, 11) is 0. The van der Waals surface area contributed by atoms with Crippen LogP contribution in [-0.2, 0) is 4.79 Å². The van der Waals surface area contributed by atoms with Crippen molar-refractivity contribution >= 4 is 49.4 Å². The van der Waals surface area contributed by atoms with Gasteiger partial charge in [-0.05, 0) is 29.7 Å². The number of rotatable bonds is 3. The third-order valence-corrected chi connectivity index (χ3v) is 4.54. The molecule has 5 heteroatoms. The molecule has 2 aromatic carbocycles. The maximum atomic E-state index is 12.1. The average molecular weight is 331 g/mol. The highest BCUT2D eigenvalue weighted by atomic mass is 32.1. The van der Waals surface area contributed by atoms with E-state index in [9.17, 15) is 4.79 Å². The first-order valence-electron chi connectivity index (χ1n) is 7.48. The van der Waals surface area contributed by atoms with E-state index in [-0.39, 0.29) is 5.91 Å². The maximum absolute atomic E-state index is 12.1. The van der Waals surface area contributed by atoms with E-state index in [2.05, 4.69) is 27.4 Å². The Morgan fingerprint density at radius 3 is 2.79 bits per heavy atom. The SMILES string of the molecule is O=C(/C=C\c1ccccn1)Nc1nc2c(ccc3ccccc32)s1. The van der Waals surface area contributed by atoms with Crippen LogP contribution in [0.25, 0.3) is 27.1 Å². The number of hydrogen-bond donors (Lipinski definition) is 1. The number of anilines is 1. The number of aromatic nitrogens is 2. The number of carbonyl (C=O) groups is 1. The molecule has 0 saturated heterocycles. The lowest BCUT2D eigenvalue weighted by Crippen LogP contribution is -2.07. The Labute approximate surface area is 142 Å². The van der Waals surface area contributed by atoms with Gasteiger partial charge in [0.1, 0.15) is 0 Å². The summed E-state index contributed by atoms with van der Waals surface area (Å²) in [5.74, 6) is -0.219. The second-order valence-electron chi connectivity index (χ2n) is 5.23. The smallest absolute Gasteiger partial charge is 0.250 e. The topological polar surface area (TPSA) is 54.9 Å². The Morgan fingerprint density at radius 1 is 1.04 bits per heavy atom. The second-order valence-corrected chi connectivity index (χ2v) is 6.26. The second kappa shape index (κ2) is 6.22. The minimum Gasteiger partial charge on any atom is -0.298 e. The predicted molar refractivity (Wildman–Crippen MR) is 99.0 cm³/mol. The van der Waals surface area contributed by atoms with E-state index in [0.29, 0.717) is 5.13 Å². The molecule has 0 aliphatic rings. The molecular weight excluding hydrogens is 318 g/mol. The van der Waals surface area contributed by atoms with Crippen LogP contribution < -0.4 is 5.32 Å². The summed E-state index contributed by atoms with van der Waals surface area (Å²) in [6, 6.07) is 17.8. The molecule has 0 saturated carbocycles. The van der Waals surface area contributed by atoms with Gasteiger partial charge in [0, 0.05) is 17.7 Å². The van der Waals surface area contributed by atoms with Crippen molar-refractivity contribution in [2.45, 2.75) is 0 Å². The van der Waals surface area contributed by atoms with Crippen LogP contribution in [0.4, 0.5) is 5.13 Å². The van der Waals surface area contributed by atoms with Crippen molar-refractivity contribution < 1.29 is 4.79 Å². The predicted octanol–water partition coefficient (Wildman–Crippen LogP) is 4.50. The van der Waals surface area contributed by atoms with Crippen molar-refractivity contribution in [2.24, 2.45) is 0 Å². The molecule has 0 radical (unpaired) electrons. The summed E-state index contributed by atoms with van der Waals surface area (Å²) < 4.78 is 1.05. The molecule has 0 spiro atoms. The molecule has 0 unspecified atom stereocenters. The lowest BCUT2D eigenvalue weighted by Gasteiger charge is -1.96. The molecule has 2 aromatic heterocycles. The summed E-state index contributed by atoms with van der Waals surface area (Å²) in [4.78, 5) is 20.8. The van der Waals surface area contributed by atoms with Gasteiger partial charge >= 0.3 is 0 Å². The van der Waals surface area contributed by atoms with Gasteiger partial charge in [-0.3, -0.25) is 15.1 Å². The fraction of sp³-hybridized carbons (Fsp3) is 0. The van der Waals surface area contributed by atoms with Gasteiger partial charge in [0.15, 0.2) is 5.13 Å². The van der Waals surface area contributed by atoms with Crippen molar-refractivity contribution in [1.82, 2.24) is 9.97 Å². The van der Waals surface area contributed by atoms with E-state index in [1.807, 2.05) is 42.5 Å². The van der Waals surface area contributed by atoms with Gasteiger partial charge in [-0.15, -0.1) is 0 Å². The number of nitrogens with one attached hydrogen (secondary N) is 1. The van der Waals surface area contributed by atoms with E-state index in [0.717, 1.165) is 26.7 Å². The van der Waals surface area contributed by atoms with Crippen LogP contribution in [0.5, 0.6) is 0 Å². The lowest BCUT2D eigenvalue weighted by atomic mass is 10.1. The van der Waals surface area contributed by atoms with Gasteiger partial charge in [0.2, 0.25) is 5.91 Å². The third kappa shape index (κ3) is 2.89. The number of hydrogen-bond acceptors (Lipinski definition) is 4. The Hall–Kier alpha value is -3.05. The number of pyridine rings is 1. The van der Waals surface area contributed by atoms with Crippen molar-refractivity contribution in [1.29, 1.82) is 0 Å². The molecular formula is C19H13N3OS. The van der Waals surface area contributed by atoms with Gasteiger partial charge in [-0.25, -0.2) is 4.98 Å². The first-order valence-corrected chi connectivity index (χ1v) is 8.30. The summed E-state index contributed by atoms with van der Waals surface area (Å²) >= 11 is 1.47. The molecule has 0 atom stereocenters. The van der Waals surface area contributed by atoms with Gasteiger partial charge < -0.3 is 0 Å². The van der Waals surface area contributed by atoms with E-state index in [4.69, 9.17) is 0 Å². The van der Waals surface area contributed by atoms with E-state index >= 15 is 0 Å². The number of benzene rings is 2. The molecule has 2 heterocycles. The Kier molecular flexibility index (Phi) is 3.76. The highest BCUT2D eigenvalue weighted by molar-refractivity contribution is 7.22. The zero-order valence-electron chi connectivity index (χ0n) is 12.6. The number of amides is 1. The van der Waals surface area contributed by atoms with E-state index in [1.54, 1.807) is 12.3 Å². The summed E-state index contributed by atoms with van der Waals surface area (Å²) in [6.45, 7) is 0. The highest BCUT2D eigenvalue weighted by Crippen LogP contribution is 2.31. The fourth-order valence-electron chi connectivity index (χ4n) is 2.50. The summed E-state index contributed by atoms with van der Waals surface area (Å²) in [5.41, 5.74) is 1.66. The average Bonchev–Trinajstić information content (AvgIpc) is 3.04. The molecule has 1 amide bonds. The van der Waals surface area contributed by atoms with Crippen LogP contribution in [0.3, 0.4) is 0 Å². The lowest BCUT2D eigenvalue weighted by molar-refractivity contribution is -0.111. The molecule has 4 nitrogen and oxygen atoms in total. The van der Waals surface area contributed by atoms with Gasteiger partial charge in [0.05, 0.1) is 15.9 Å². The van der Waals surface area contributed by atoms with Crippen molar-refractivity contribution in [3.63, 3.8) is 0 Å². The molecule has 0 bridgehead atoms. The normalized spacial score (nSPS) is 11.3. The number of carbonyl (C=O) groups excluding carboxylic acids is 1. The van der Waals surface area contributed by atoms with E-state index in [1.165, 1.54) is 17.4 Å². The van der Waals surface area contributed by atoms with Crippen LogP contribution in [0, 0.1) is 0 Å². The molecule has 4 rings (SSSR count). The molecule has 0 aliphatic heterocycles. The first kappa shape index (κ1) is 14.5. The van der Waals surface area contributed by atoms with Crippen LogP contribution in [0.15, 0.2) is 66.9 Å². The van der Waals surface area contributed by atoms with Crippen molar-refractivity contribution in [3.8, 4) is 0 Å².